The lowest BCUT2D eigenvalue weighted by molar-refractivity contribution is -0.384. The van der Waals surface area contributed by atoms with Gasteiger partial charge in [-0.3, -0.25) is 19.7 Å². The Morgan fingerprint density at radius 2 is 1.69 bits per heavy atom. The summed E-state index contributed by atoms with van der Waals surface area (Å²) in [5.74, 6) is 0.409. The Bertz CT molecular complexity index is 920. The number of rotatable bonds is 11. The molecule has 2 aromatic carbocycles. The highest BCUT2D eigenvalue weighted by atomic mass is 35.5. The van der Waals surface area contributed by atoms with Crippen LogP contribution in [0, 0.1) is 10.1 Å². The van der Waals surface area contributed by atoms with Crippen LogP contribution in [0.1, 0.15) is 38.3 Å². The van der Waals surface area contributed by atoms with Crippen LogP contribution in [0.3, 0.4) is 0 Å². The van der Waals surface area contributed by atoms with Crippen LogP contribution in [0.15, 0.2) is 48.5 Å². The fourth-order valence-electron chi connectivity index (χ4n) is 3.14. The van der Waals surface area contributed by atoms with Crippen LogP contribution >= 0.6 is 23.4 Å². The maximum absolute atomic E-state index is 13.1. The molecule has 0 aliphatic carbocycles. The Labute approximate surface area is 197 Å². The summed E-state index contributed by atoms with van der Waals surface area (Å²) in [7, 11) is 0. The number of halogens is 1. The number of nitrogens with one attached hydrogen (secondary N) is 1. The van der Waals surface area contributed by atoms with Gasteiger partial charge >= 0.3 is 0 Å². The number of amides is 2. The smallest absolute Gasteiger partial charge is 0.269 e. The van der Waals surface area contributed by atoms with Crippen LogP contribution in [0.2, 0.25) is 5.02 Å². The molecule has 172 valence electrons. The molecule has 7 nitrogen and oxygen atoms in total. The average Bonchev–Trinajstić information content (AvgIpc) is 2.74. The van der Waals surface area contributed by atoms with Crippen molar-refractivity contribution in [3.8, 4) is 0 Å². The van der Waals surface area contributed by atoms with E-state index in [1.54, 1.807) is 29.2 Å². The molecular formula is C23H28ClN3O4S. The summed E-state index contributed by atoms with van der Waals surface area (Å²) in [6.07, 6.45) is 0.491. The van der Waals surface area contributed by atoms with Crippen LogP contribution in [-0.2, 0) is 21.9 Å². The molecule has 2 amide bonds. The number of nitro benzene ring substituents is 1. The molecule has 2 aromatic rings. The van der Waals surface area contributed by atoms with E-state index in [2.05, 4.69) is 5.32 Å². The van der Waals surface area contributed by atoms with Crippen molar-refractivity contribution in [3.63, 3.8) is 0 Å². The number of carbonyl (C=O) groups is 2. The first kappa shape index (κ1) is 25.7. The van der Waals surface area contributed by atoms with E-state index in [-0.39, 0.29) is 29.3 Å². The van der Waals surface area contributed by atoms with E-state index in [4.69, 9.17) is 11.6 Å². The molecule has 0 bridgehead atoms. The molecule has 32 heavy (non-hydrogen) atoms. The predicted octanol–water partition coefficient (Wildman–Crippen LogP) is 4.81. The Morgan fingerprint density at radius 3 is 2.22 bits per heavy atom. The van der Waals surface area contributed by atoms with Crippen LogP contribution < -0.4 is 5.32 Å². The summed E-state index contributed by atoms with van der Waals surface area (Å²) in [6, 6.07) is 12.9. The lowest BCUT2D eigenvalue weighted by atomic mass is 10.1. The second kappa shape index (κ2) is 12.5. The van der Waals surface area contributed by atoms with E-state index < -0.39 is 11.0 Å². The van der Waals surface area contributed by atoms with E-state index in [0.717, 1.165) is 11.1 Å². The largest absolute Gasteiger partial charge is 0.352 e. The molecule has 1 N–H and O–H groups in total. The van der Waals surface area contributed by atoms with Gasteiger partial charge in [-0.15, -0.1) is 11.8 Å². The van der Waals surface area contributed by atoms with E-state index in [1.807, 2.05) is 32.9 Å². The number of thioether (sulfide) groups is 1. The quantitative estimate of drug-likeness (QED) is 0.370. The minimum absolute atomic E-state index is 0.0273. The van der Waals surface area contributed by atoms with Crippen molar-refractivity contribution in [2.75, 3.05) is 5.75 Å². The summed E-state index contributed by atoms with van der Waals surface area (Å²) in [4.78, 5) is 37.9. The van der Waals surface area contributed by atoms with Crippen molar-refractivity contribution in [2.24, 2.45) is 0 Å². The summed E-state index contributed by atoms with van der Waals surface area (Å²) < 4.78 is 0. The summed E-state index contributed by atoms with van der Waals surface area (Å²) in [5.41, 5.74) is 1.81. The normalized spacial score (nSPS) is 11.8. The Balaban J connectivity index is 2.10. The number of nitro groups is 1. The van der Waals surface area contributed by atoms with E-state index in [9.17, 15) is 19.7 Å². The Kier molecular flexibility index (Phi) is 9.99. The fourth-order valence-corrected chi connectivity index (χ4v) is 4.14. The third-order valence-electron chi connectivity index (χ3n) is 4.72. The van der Waals surface area contributed by atoms with Crippen molar-refractivity contribution >= 4 is 40.9 Å². The molecule has 2 rings (SSSR count). The van der Waals surface area contributed by atoms with Crippen molar-refractivity contribution < 1.29 is 14.5 Å². The first-order chi connectivity index (χ1) is 15.2. The molecule has 1 atom stereocenters. The van der Waals surface area contributed by atoms with Gasteiger partial charge in [0.25, 0.3) is 5.69 Å². The summed E-state index contributed by atoms with van der Waals surface area (Å²) in [6.45, 7) is 5.96. The third-order valence-corrected chi connectivity index (χ3v) is 5.96. The van der Waals surface area contributed by atoms with Crippen molar-refractivity contribution in [2.45, 2.75) is 51.6 Å². The van der Waals surface area contributed by atoms with Crippen molar-refractivity contribution in [1.82, 2.24) is 10.2 Å². The van der Waals surface area contributed by atoms with Gasteiger partial charge < -0.3 is 10.2 Å². The standard InChI is InChI=1S/C23H28ClN3O4S/c1-4-21(23(29)25-16(2)3)26(13-17-5-9-19(24)10-6-17)22(28)15-32-14-18-7-11-20(12-8-18)27(30)31/h5-12,16,21H,4,13-15H2,1-3H3,(H,25,29). The average molecular weight is 478 g/mol. The highest BCUT2D eigenvalue weighted by Crippen LogP contribution is 2.20. The molecule has 0 aliphatic rings. The monoisotopic (exact) mass is 477 g/mol. The topological polar surface area (TPSA) is 92.6 Å². The van der Waals surface area contributed by atoms with Crippen LogP contribution in [0.4, 0.5) is 5.69 Å². The van der Waals surface area contributed by atoms with Crippen LogP contribution in [0.5, 0.6) is 0 Å². The van der Waals surface area contributed by atoms with Gasteiger partial charge in [0, 0.05) is 35.5 Å². The van der Waals surface area contributed by atoms with Crippen molar-refractivity contribution in [3.05, 3.63) is 74.8 Å². The maximum atomic E-state index is 13.1. The zero-order chi connectivity index (χ0) is 23.7. The number of non-ortho nitro benzene ring substituents is 1. The molecule has 0 fully saturated rings. The van der Waals surface area contributed by atoms with Crippen LogP contribution in [0.25, 0.3) is 0 Å². The lowest BCUT2D eigenvalue weighted by Crippen LogP contribution is -2.50. The molecule has 0 spiro atoms. The molecule has 0 aromatic heterocycles. The Morgan fingerprint density at radius 1 is 1.09 bits per heavy atom. The second-order valence-electron chi connectivity index (χ2n) is 7.65. The van der Waals surface area contributed by atoms with Gasteiger partial charge in [0.15, 0.2) is 0 Å². The van der Waals surface area contributed by atoms with Gasteiger partial charge in [-0.2, -0.15) is 0 Å². The number of hydrogen-bond donors (Lipinski definition) is 1. The zero-order valence-electron chi connectivity index (χ0n) is 18.4. The molecule has 0 radical (unpaired) electrons. The van der Waals surface area contributed by atoms with Gasteiger partial charge in [0.05, 0.1) is 10.7 Å². The number of nitrogens with zero attached hydrogens (tertiary/aromatic N) is 2. The number of benzene rings is 2. The predicted molar refractivity (Wildman–Crippen MR) is 129 cm³/mol. The maximum Gasteiger partial charge on any atom is 0.269 e. The molecule has 9 heteroatoms. The van der Waals surface area contributed by atoms with Gasteiger partial charge in [-0.05, 0) is 43.5 Å². The highest BCUT2D eigenvalue weighted by molar-refractivity contribution is 7.99. The summed E-state index contributed by atoms with van der Waals surface area (Å²) in [5, 5.41) is 14.3. The van der Waals surface area contributed by atoms with Gasteiger partial charge in [-0.1, -0.05) is 42.8 Å². The van der Waals surface area contributed by atoms with Gasteiger partial charge in [0.1, 0.15) is 6.04 Å². The number of hydrogen-bond acceptors (Lipinski definition) is 5. The SMILES string of the molecule is CCC(C(=O)NC(C)C)N(Cc1ccc(Cl)cc1)C(=O)CSCc1ccc([N+](=O)[O-])cc1. The van der Waals surface area contributed by atoms with Crippen LogP contribution in [-0.4, -0.2) is 39.5 Å². The lowest BCUT2D eigenvalue weighted by Gasteiger charge is -2.31. The highest BCUT2D eigenvalue weighted by Gasteiger charge is 2.28. The minimum atomic E-state index is -0.583. The summed E-state index contributed by atoms with van der Waals surface area (Å²) >= 11 is 7.39. The fraction of sp³-hybridized carbons (Fsp3) is 0.391. The van der Waals surface area contributed by atoms with E-state index >= 15 is 0 Å². The molecule has 0 saturated heterocycles. The molecular weight excluding hydrogens is 450 g/mol. The molecule has 0 aliphatic heterocycles. The third kappa shape index (κ3) is 7.84. The number of carbonyl (C=O) groups excluding carboxylic acids is 2. The van der Waals surface area contributed by atoms with Crippen molar-refractivity contribution in [1.29, 1.82) is 0 Å². The molecule has 0 heterocycles. The second-order valence-corrected chi connectivity index (χ2v) is 9.07. The minimum Gasteiger partial charge on any atom is -0.352 e. The molecule has 0 saturated carbocycles. The first-order valence-corrected chi connectivity index (χ1v) is 11.9. The zero-order valence-corrected chi connectivity index (χ0v) is 20.0. The van der Waals surface area contributed by atoms with E-state index in [0.29, 0.717) is 23.7 Å². The molecule has 1 unspecified atom stereocenters. The Hall–Kier alpha value is -2.58. The first-order valence-electron chi connectivity index (χ1n) is 10.4. The van der Waals surface area contributed by atoms with Gasteiger partial charge in [0.2, 0.25) is 11.8 Å². The van der Waals surface area contributed by atoms with E-state index in [1.165, 1.54) is 23.9 Å². The van der Waals surface area contributed by atoms with Gasteiger partial charge in [-0.25, -0.2) is 0 Å².